The van der Waals surface area contributed by atoms with E-state index in [9.17, 15) is 0 Å². The summed E-state index contributed by atoms with van der Waals surface area (Å²) >= 11 is 0. The van der Waals surface area contributed by atoms with Crippen LogP contribution in [0.1, 0.15) is 18.9 Å². The van der Waals surface area contributed by atoms with E-state index >= 15 is 0 Å². The lowest BCUT2D eigenvalue weighted by Crippen LogP contribution is -2.20. The monoisotopic (exact) mass is 403 g/mol. The lowest BCUT2D eigenvalue weighted by atomic mass is 9.97. The van der Waals surface area contributed by atoms with Crippen molar-refractivity contribution in [3.8, 4) is 17.0 Å². The molecule has 0 amide bonds. The van der Waals surface area contributed by atoms with Crippen LogP contribution in [-0.2, 0) is 6.42 Å². The molecule has 0 spiro atoms. The summed E-state index contributed by atoms with van der Waals surface area (Å²) in [6.07, 6.45) is 5.27. The molecule has 0 radical (unpaired) electrons. The Hall–Kier alpha value is -3.44. The Morgan fingerprint density at radius 3 is 2.87 bits per heavy atom. The molecule has 1 aliphatic rings. The molecule has 30 heavy (non-hydrogen) atoms. The zero-order valence-corrected chi connectivity index (χ0v) is 17.2. The highest BCUT2D eigenvalue weighted by Gasteiger charge is 2.22. The Kier molecular flexibility index (Phi) is 5.91. The van der Waals surface area contributed by atoms with Gasteiger partial charge in [-0.05, 0) is 49.5 Å². The van der Waals surface area contributed by atoms with E-state index in [4.69, 9.17) is 11.3 Å². The fourth-order valence-corrected chi connectivity index (χ4v) is 3.88. The van der Waals surface area contributed by atoms with Crippen molar-refractivity contribution in [1.29, 1.82) is 0 Å². The summed E-state index contributed by atoms with van der Waals surface area (Å²) in [5.41, 5.74) is 3.11. The topological polar surface area (TPSA) is 83.3 Å². The molecule has 8 nitrogen and oxygen atoms in total. The first kappa shape index (κ1) is 19.9. The van der Waals surface area contributed by atoms with Gasteiger partial charge >= 0.3 is 0 Å². The van der Waals surface area contributed by atoms with Crippen LogP contribution in [0.4, 0.5) is 17.5 Å². The van der Waals surface area contributed by atoms with Crippen LogP contribution in [0.2, 0.25) is 0 Å². The highest BCUT2D eigenvalue weighted by atomic mass is 16.5. The first-order chi connectivity index (χ1) is 14.7. The zero-order valence-electron chi connectivity index (χ0n) is 17.2. The van der Waals surface area contributed by atoms with Crippen LogP contribution in [-0.4, -0.2) is 51.8 Å². The quantitative estimate of drug-likeness (QED) is 0.579. The molecule has 0 unspecified atom stereocenters. The predicted molar refractivity (Wildman–Crippen MR) is 116 cm³/mol. The van der Waals surface area contributed by atoms with Gasteiger partial charge < -0.3 is 19.8 Å². The molecule has 0 bridgehead atoms. The Balaban J connectivity index is 1.47. The Labute approximate surface area is 176 Å². The molecule has 1 aliphatic heterocycles. The van der Waals surface area contributed by atoms with Crippen molar-refractivity contribution >= 4 is 17.5 Å². The van der Waals surface area contributed by atoms with Crippen LogP contribution in [0.25, 0.3) is 16.1 Å². The van der Waals surface area contributed by atoms with E-state index in [1.807, 2.05) is 6.07 Å². The maximum absolute atomic E-state index is 6.94. The van der Waals surface area contributed by atoms with E-state index < -0.39 is 0 Å². The van der Waals surface area contributed by atoms with E-state index in [0.717, 1.165) is 30.0 Å². The van der Waals surface area contributed by atoms with Crippen LogP contribution >= 0.6 is 0 Å². The fraction of sp³-hybridized carbons (Fsp3) is 0.364. The summed E-state index contributed by atoms with van der Waals surface area (Å²) in [4.78, 5) is 13.9. The minimum atomic E-state index is 0.257. The maximum atomic E-state index is 6.94. The van der Waals surface area contributed by atoms with Gasteiger partial charge in [0.25, 0.3) is 5.82 Å². The smallest absolute Gasteiger partial charge is 0.288 e. The number of rotatable bonds is 7. The Morgan fingerprint density at radius 1 is 1.27 bits per heavy atom. The zero-order chi connectivity index (χ0) is 20.9. The van der Waals surface area contributed by atoms with Crippen LogP contribution in [0.5, 0.6) is 5.75 Å². The molecule has 3 heterocycles. The summed E-state index contributed by atoms with van der Waals surface area (Å²) in [5.74, 6) is 2.94. The summed E-state index contributed by atoms with van der Waals surface area (Å²) in [6.45, 7) is 12.7. The third-order valence-corrected chi connectivity index (χ3v) is 5.48. The second kappa shape index (κ2) is 8.93. The molecular formula is C22H25N7O. The molecule has 1 fully saturated rings. The van der Waals surface area contributed by atoms with Gasteiger partial charge in [-0.15, -0.1) is 4.98 Å². The second-order valence-corrected chi connectivity index (χ2v) is 7.45. The molecule has 8 heteroatoms. The standard InChI is InChI=1S/C22H25N7O/c1-4-29-8-7-16(14-29)9-15-5-6-17(19(10-15)30-3)18-11-20(28-27-18)26-22-13-24-21(23-2)12-25-22/h5-6,10-13,16H,4,7-9,14H2,1,3H3,(H2,25,26,27,28)/t16-/m1/s1. The van der Waals surface area contributed by atoms with Gasteiger partial charge in [-0.3, -0.25) is 5.10 Å². The molecule has 2 N–H and O–H groups in total. The van der Waals surface area contributed by atoms with Gasteiger partial charge in [-0.25, -0.2) is 4.98 Å². The average Bonchev–Trinajstić information content (AvgIpc) is 3.43. The highest BCUT2D eigenvalue weighted by Crippen LogP contribution is 2.32. The number of methoxy groups -OCH3 is 1. The summed E-state index contributed by atoms with van der Waals surface area (Å²) in [5, 5.41) is 10.4. The number of H-pyrrole nitrogens is 1. The lowest BCUT2D eigenvalue weighted by molar-refractivity contribution is 0.341. The number of aromatic nitrogens is 4. The summed E-state index contributed by atoms with van der Waals surface area (Å²) in [6, 6.07) is 8.29. The van der Waals surface area contributed by atoms with Gasteiger partial charge in [0, 0.05) is 18.2 Å². The van der Waals surface area contributed by atoms with Crippen molar-refractivity contribution in [2.45, 2.75) is 19.8 Å². The Morgan fingerprint density at radius 2 is 2.17 bits per heavy atom. The van der Waals surface area contributed by atoms with Crippen LogP contribution in [0, 0.1) is 12.5 Å². The molecule has 154 valence electrons. The SMILES string of the molecule is [C-]#[N+]c1cnc(Nc2cc(-c3ccc(C[C@H]4CCN(CC)C4)cc3OC)[nH]n2)cn1. The number of nitrogens with zero attached hydrogens (tertiary/aromatic N) is 5. The number of aromatic amines is 1. The number of hydrogen-bond acceptors (Lipinski definition) is 6. The number of ether oxygens (including phenoxy) is 1. The van der Waals surface area contributed by atoms with Crippen molar-refractivity contribution in [3.63, 3.8) is 0 Å². The number of likely N-dealkylation sites (tertiary alicyclic amines) is 1. The fourth-order valence-electron chi connectivity index (χ4n) is 3.88. The average molecular weight is 403 g/mol. The third kappa shape index (κ3) is 4.42. The van der Waals surface area contributed by atoms with Gasteiger partial charge in [0.15, 0.2) is 17.8 Å². The number of benzene rings is 1. The largest absolute Gasteiger partial charge is 0.496 e. The van der Waals surface area contributed by atoms with Crippen molar-refractivity contribution in [3.05, 3.63) is 53.6 Å². The lowest BCUT2D eigenvalue weighted by Gasteiger charge is -2.14. The van der Waals surface area contributed by atoms with Gasteiger partial charge in [-0.1, -0.05) is 19.6 Å². The molecule has 2 aromatic heterocycles. The number of nitrogens with one attached hydrogen (secondary N) is 2. The van der Waals surface area contributed by atoms with Crippen LogP contribution in [0.3, 0.4) is 0 Å². The molecule has 0 aliphatic carbocycles. The molecule has 1 saturated heterocycles. The van der Waals surface area contributed by atoms with Gasteiger partial charge in [0.05, 0.1) is 19.0 Å². The molecule has 1 aromatic carbocycles. The number of hydrogen-bond donors (Lipinski definition) is 2. The second-order valence-electron chi connectivity index (χ2n) is 7.45. The first-order valence-corrected chi connectivity index (χ1v) is 10.1. The highest BCUT2D eigenvalue weighted by molar-refractivity contribution is 5.71. The summed E-state index contributed by atoms with van der Waals surface area (Å²) in [7, 11) is 1.70. The van der Waals surface area contributed by atoms with Gasteiger partial charge in [0.2, 0.25) is 0 Å². The molecule has 3 aromatic rings. The predicted octanol–water partition coefficient (Wildman–Crippen LogP) is 4.05. The Bertz CT molecular complexity index is 1040. The molecule has 1 atom stereocenters. The van der Waals surface area contributed by atoms with Crippen molar-refractivity contribution in [2.75, 3.05) is 32.1 Å². The third-order valence-electron chi connectivity index (χ3n) is 5.48. The first-order valence-electron chi connectivity index (χ1n) is 10.1. The van der Waals surface area contributed by atoms with E-state index in [1.54, 1.807) is 7.11 Å². The normalized spacial score (nSPS) is 16.4. The van der Waals surface area contributed by atoms with Crippen molar-refractivity contribution in [2.24, 2.45) is 5.92 Å². The molecule has 4 rings (SSSR count). The minimum Gasteiger partial charge on any atom is -0.496 e. The minimum absolute atomic E-state index is 0.257. The van der Waals surface area contributed by atoms with Gasteiger partial charge in [0.1, 0.15) is 5.75 Å². The molecule has 0 saturated carbocycles. The van der Waals surface area contributed by atoms with Crippen molar-refractivity contribution < 1.29 is 4.74 Å². The van der Waals surface area contributed by atoms with E-state index in [0.29, 0.717) is 17.6 Å². The van der Waals surface area contributed by atoms with Crippen molar-refractivity contribution in [1.82, 2.24) is 25.1 Å². The van der Waals surface area contributed by atoms with Gasteiger partial charge in [-0.2, -0.15) is 5.10 Å². The van der Waals surface area contributed by atoms with Crippen LogP contribution < -0.4 is 10.1 Å². The van der Waals surface area contributed by atoms with E-state index in [1.165, 1.54) is 37.5 Å². The van der Waals surface area contributed by atoms with Crippen LogP contribution in [0.15, 0.2) is 36.7 Å². The molecular weight excluding hydrogens is 378 g/mol. The number of anilines is 2. The maximum Gasteiger partial charge on any atom is 0.288 e. The van der Waals surface area contributed by atoms with E-state index in [-0.39, 0.29) is 5.82 Å². The van der Waals surface area contributed by atoms with E-state index in [2.05, 4.69) is 60.3 Å². The summed E-state index contributed by atoms with van der Waals surface area (Å²) < 4.78 is 5.67.